The maximum atomic E-state index is 12.5. The second-order valence-electron chi connectivity index (χ2n) is 5.39. The summed E-state index contributed by atoms with van der Waals surface area (Å²) in [5, 5.41) is 0. The van der Waals surface area contributed by atoms with Crippen LogP contribution in [0, 0.1) is 5.92 Å². The molecule has 1 saturated heterocycles. The topological polar surface area (TPSA) is 72.6 Å². The monoisotopic (exact) mass is 330 g/mol. The molecular weight excluding hydrogens is 313 g/mol. The van der Waals surface area contributed by atoms with Crippen molar-refractivity contribution in [1.82, 2.24) is 4.90 Å². The maximum Gasteiger partial charge on any atom is 0.411 e. The molecule has 0 aromatic heterocycles. The van der Waals surface area contributed by atoms with Gasteiger partial charge >= 0.3 is 6.18 Å². The zero-order valence-electron chi connectivity index (χ0n) is 12.3. The van der Waals surface area contributed by atoms with Gasteiger partial charge in [-0.05, 0) is 12.0 Å². The Labute approximate surface area is 131 Å². The largest absolute Gasteiger partial charge is 0.411 e. The van der Waals surface area contributed by atoms with Crippen molar-refractivity contribution in [2.24, 2.45) is 11.7 Å². The van der Waals surface area contributed by atoms with Gasteiger partial charge in [0.05, 0.1) is 5.92 Å². The van der Waals surface area contributed by atoms with Gasteiger partial charge in [0.1, 0.15) is 6.61 Å². The van der Waals surface area contributed by atoms with Crippen molar-refractivity contribution in [3.05, 3.63) is 35.9 Å². The van der Waals surface area contributed by atoms with Crippen LogP contribution in [0.3, 0.4) is 0 Å². The lowest BCUT2D eigenvalue weighted by molar-refractivity contribution is -0.191. The van der Waals surface area contributed by atoms with Gasteiger partial charge in [0.15, 0.2) is 6.10 Å². The number of primary amides is 1. The van der Waals surface area contributed by atoms with Gasteiger partial charge in [-0.25, -0.2) is 0 Å². The van der Waals surface area contributed by atoms with E-state index in [9.17, 15) is 22.8 Å². The summed E-state index contributed by atoms with van der Waals surface area (Å²) < 4.78 is 42.1. The number of benzene rings is 1. The Bertz CT molecular complexity index is 563. The molecule has 5 nitrogen and oxygen atoms in total. The van der Waals surface area contributed by atoms with Gasteiger partial charge < -0.3 is 15.4 Å². The number of carbonyl (C=O) groups is 2. The molecule has 0 bridgehead atoms. The molecule has 1 aliphatic rings. The lowest BCUT2D eigenvalue weighted by atomic mass is 10.1. The van der Waals surface area contributed by atoms with Crippen LogP contribution in [0.25, 0.3) is 0 Å². The summed E-state index contributed by atoms with van der Waals surface area (Å²) >= 11 is 0. The summed E-state index contributed by atoms with van der Waals surface area (Å²) in [7, 11) is 0. The number of hydrogen-bond donors (Lipinski definition) is 1. The number of nitrogens with two attached hydrogens (primary N) is 1. The Hall–Kier alpha value is -2.09. The number of ether oxygens (including phenoxy) is 1. The predicted octanol–water partition coefficient (Wildman–Crippen LogP) is 1.64. The molecular formula is C15H17F3N2O3. The van der Waals surface area contributed by atoms with E-state index in [0.29, 0.717) is 12.0 Å². The summed E-state index contributed by atoms with van der Waals surface area (Å²) in [6.45, 7) is -1.15. The smallest absolute Gasteiger partial charge is 0.369 e. The first-order valence-electron chi connectivity index (χ1n) is 7.09. The summed E-state index contributed by atoms with van der Waals surface area (Å²) in [4.78, 5) is 25.0. The van der Waals surface area contributed by atoms with Crippen molar-refractivity contribution in [2.45, 2.75) is 18.7 Å². The number of halogens is 3. The molecule has 126 valence electrons. The summed E-state index contributed by atoms with van der Waals surface area (Å²) in [5.74, 6) is -1.59. The molecule has 1 heterocycles. The Balaban J connectivity index is 2.13. The molecule has 2 rings (SSSR count). The van der Waals surface area contributed by atoms with Gasteiger partial charge in [-0.2, -0.15) is 13.2 Å². The van der Waals surface area contributed by atoms with E-state index in [1.54, 1.807) is 18.2 Å². The Morgan fingerprint density at radius 1 is 1.30 bits per heavy atom. The third-order valence-corrected chi connectivity index (χ3v) is 3.64. The number of hydrogen-bond acceptors (Lipinski definition) is 3. The van der Waals surface area contributed by atoms with E-state index in [4.69, 9.17) is 10.5 Å². The van der Waals surface area contributed by atoms with E-state index in [0.717, 1.165) is 0 Å². The molecule has 1 fully saturated rings. The summed E-state index contributed by atoms with van der Waals surface area (Å²) in [6.07, 6.45) is -5.49. The molecule has 2 N–H and O–H groups in total. The first-order valence-corrected chi connectivity index (χ1v) is 7.09. The quantitative estimate of drug-likeness (QED) is 0.892. The van der Waals surface area contributed by atoms with Crippen molar-refractivity contribution < 1.29 is 27.5 Å². The highest BCUT2D eigenvalue weighted by Crippen LogP contribution is 2.27. The standard InChI is InChI=1S/C15H17F3N2O3/c16-15(17,18)9-23-12(10-4-2-1-3-5-10)14(22)20-7-6-11(8-20)13(19)21/h1-5,11-12H,6-9H2,(H2,19,21)/t11-,12+/m0/s1. The average molecular weight is 330 g/mol. The highest BCUT2D eigenvalue weighted by molar-refractivity contribution is 5.84. The molecule has 0 saturated carbocycles. The number of carbonyl (C=O) groups excluding carboxylic acids is 2. The van der Waals surface area contributed by atoms with Crippen LogP contribution in [0.2, 0.25) is 0 Å². The molecule has 1 aromatic rings. The fraction of sp³-hybridized carbons (Fsp3) is 0.467. The van der Waals surface area contributed by atoms with E-state index in [1.807, 2.05) is 0 Å². The van der Waals surface area contributed by atoms with E-state index in [2.05, 4.69) is 0 Å². The number of amides is 2. The van der Waals surface area contributed by atoms with Crippen molar-refractivity contribution in [1.29, 1.82) is 0 Å². The molecule has 0 spiro atoms. The zero-order chi connectivity index (χ0) is 17.0. The maximum absolute atomic E-state index is 12.5. The molecule has 2 atom stereocenters. The first kappa shape index (κ1) is 17.3. The first-order chi connectivity index (χ1) is 10.8. The number of nitrogens with zero attached hydrogens (tertiary/aromatic N) is 1. The Morgan fingerprint density at radius 3 is 2.48 bits per heavy atom. The van der Waals surface area contributed by atoms with Gasteiger partial charge in [-0.1, -0.05) is 30.3 Å². The minimum Gasteiger partial charge on any atom is -0.369 e. The Morgan fingerprint density at radius 2 is 1.96 bits per heavy atom. The van der Waals surface area contributed by atoms with Gasteiger partial charge in [-0.15, -0.1) is 0 Å². The van der Waals surface area contributed by atoms with Crippen LogP contribution in [0.4, 0.5) is 13.2 Å². The van der Waals surface area contributed by atoms with Gasteiger partial charge in [-0.3, -0.25) is 9.59 Å². The normalized spacial score (nSPS) is 19.6. The third kappa shape index (κ3) is 4.69. The highest BCUT2D eigenvalue weighted by atomic mass is 19.4. The van der Waals surface area contributed by atoms with Crippen molar-refractivity contribution in [2.75, 3.05) is 19.7 Å². The van der Waals surface area contributed by atoms with Gasteiger partial charge in [0.2, 0.25) is 5.91 Å². The number of rotatable bonds is 5. The SMILES string of the molecule is NC(=O)[C@H]1CCN(C(=O)[C@H](OCC(F)(F)F)c2ccccc2)C1. The van der Waals surface area contributed by atoms with Crippen LogP contribution in [0.15, 0.2) is 30.3 Å². The lowest BCUT2D eigenvalue weighted by Gasteiger charge is -2.24. The second kappa shape index (κ2) is 6.99. The molecule has 2 amide bonds. The fourth-order valence-corrected chi connectivity index (χ4v) is 2.47. The summed E-state index contributed by atoms with van der Waals surface area (Å²) in [5.41, 5.74) is 5.54. The van der Waals surface area contributed by atoms with Gasteiger partial charge in [0.25, 0.3) is 5.91 Å². The highest BCUT2D eigenvalue weighted by Gasteiger charge is 2.37. The van der Waals surface area contributed by atoms with Crippen LogP contribution in [-0.4, -0.2) is 42.6 Å². The lowest BCUT2D eigenvalue weighted by Crippen LogP contribution is -2.37. The zero-order valence-corrected chi connectivity index (χ0v) is 12.3. The molecule has 8 heteroatoms. The fourth-order valence-electron chi connectivity index (χ4n) is 2.47. The third-order valence-electron chi connectivity index (χ3n) is 3.64. The van der Waals surface area contributed by atoms with Crippen LogP contribution >= 0.6 is 0 Å². The van der Waals surface area contributed by atoms with E-state index in [1.165, 1.54) is 17.0 Å². The molecule has 23 heavy (non-hydrogen) atoms. The minimum absolute atomic E-state index is 0.104. The number of likely N-dealkylation sites (tertiary alicyclic amines) is 1. The minimum atomic E-state index is -4.53. The molecule has 1 aromatic carbocycles. The molecule has 1 aliphatic heterocycles. The predicted molar refractivity (Wildman–Crippen MR) is 75.1 cm³/mol. The van der Waals surface area contributed by atoms with Crippen LogP contribution in [-0.2, 0) is 14.3 Å². The van der Waals surface area contributed by atoms with E-state index < -0.39 is 36.6 Å². The van der Waals surface area contributed by atoms with Crippen LogP contribution < -0.4 is 5.73 Å². The molecule has 0 unspecified atom stereocenters. The molecule has 0 aliphatic carbocycles. The van der Waals surface area contributed by atoms with Crippen LogP contribution in [0.1, 0.15) is 18.1 Å². The van der Waals surface area contributed by atoms with Crippen molar-refractivity contribution in [3.8, 4) is 0 Å². The molecule has 0 radical (unpaired) electrons. The summed E-state index contributed by atoms with van der Waals surface area (Å²) in [6, 6.07) is 7.97. The average Bonchev–Trinajstić information content (AvgIpc) is 2.97. The van der Waals surface area contributed by atoms with Crippen molar-refractivity contribution >= 4 is 11.8 Å². The van der Waals surface area contributed by atoms with Crippen LogP contribution in [0.5, 0.6) is 0 Å². The Kier molecular flexibility index (Phi) is 5.25. The van der Waals surface area contributed by atoms with Crippen molar-refractivity contribution in [3.63, 3.8) is 0 Å². The number of alkyl halides is 3. The van der Waals surface area contributed by atoms with E-state index >= 15 is 0 Å². The second-order valence-corrected chi connectivity index (χ2v) is 5.39. The van der Waals surface area contributed by atoms with Gasteiger partial charge in [0, 0.05) is 13.1 Å². The van der Waals surface area contributed by atoms with E-state index in [-0.39, 0.29) is 13.1 Å².